The fraction of sp³-hybridized carbons (Fsp3) is 0.394. The molecule has 1 aromatic carbocycles. The highest BCUT2D eigenvalue weighted by Crippen LogP contribution is 2.43. The van der Waals surface area contributed by atoms with Crippen molar-refractivity contribution in [1.29, 1.82) is 0 Å². The second-order valence-corrected chi connectivity index (χ2v) is 10.6. The number of phenols is 1. The Balaban J connectivity index is 1.88. The molecule has 0 aromatic heterocycles. The van der Waals surface area contributed by atoms with E-state index >= 15 is 0 Å². The van der Waals surface area contributed by atoms with E-state index in [1.807, 2.05) is 6.07 Å². The van der Waals surface area contributed by atoms with Crippen molar-refractivity contribution in [3.05, 3.63) is 87.6 Å². The second kappa shape index (κ2) is 12.7. The lowest BCUT2D eigenvalue weighted by Gasteiger charge is -2.31. The molecule has 1 aromatic rings. The Hall–Kier alpha value is -3.40. The third-order valence-corrected chi connectivity index (χ3v) is 6.74. The van der Waals surface area contributed by atoms with Gasteiger partial charge in [-0.05, 0) is 97.9 Å². The summed E-state index contributed by atoms with van der Waals surface area (Å²) < 4.78 is 6.35. The summed E-state index contributed by atoms with van der Waals surface area (Å²) in [5.41, 5.74) is 7.05. The summed E-state index contributed by atoms with van der Waals surface area (Å²) in [6.45, 7) is 12.6. The minimum atomic E-state index is -0.541. The zero-order valence-electron chi connectivity index (χ0n) is 23.1. The van der Waals surface area contributed by atoms with E-state index in [9.17, 15) is 14.7 Å². The van der Waals surface area contributed by atoms with Gasteiger partial charge in [-0.15, -0.1) is 0 Å². The Kier molecular flexibility index (Phi) is 9.68. The van der Waals surface area contributed by atoms with E-state index < -0.39 is 6.10 Å². The summed E-state index contributed by atoms with van der Waals surface area (Å²) in [4.78, 5) is 25.8. The molecule has 1 unspecified atom stereocenters. The molecule has 1 N–H and O–H groups in total. The molecule has 0 amide bonds. The average Bonchev–Trinajstić information content (AvgIpc) is 2.82. The largest absolute Gasteiger partial charge is 0.508 e. The molecule has 0 bridgehead atoms. The van der Waals surface area contributed by atoms with Gasteiger partial charge in [-0.25, -0.2) is 0 Å². The first-order valence-corrected chi connectivity index (χ1v) is 13.2. The standard InChI is InChI=1S/C33H40O4/c1-21(2)9-7-11-23(5)13-15-25-19-31-26(20-29(25)36)32-27(34)16-17-28(35)33(32)30(37-31)18-14-24(6)12-8-10-22(3)4/h9-10,13-14,16-17,19-20,30,36H,7-8,11-12,15,18H2,1-6H3/b23-13+,24-14+. The lowest BCUT2D eigenvalue weighted by atomic mass is 9.82. The molecule has 1 atom stereocenters. The van der Waals surface area contributed by atoms with Crippen LogP contribution in [0.2, 0.25) is 0 Å². The van der Waals surface area contributed by atoms with Gasteiger partial charge in [-0.2, -0.15) is 0 Å². The first-order valence-electron chi connectivity index (χ1n) is 13.2. The number of phenolic OH excluding ortho intramolecular Hbond substituents is 1. The number of fused-ring (bicyclic) bond motifs is 2. The minimum absolute atomic E-state index is 0.103. The molecule has 0 fully saturated rings. The van der Waals surface area contributed by atoms with E-state index in [0.717, 1.165) is 31.2 Å². The van der Waals surface area contributed by atoms with E-state index in [-0.39, 0.29) is 17.3 Å². The number of allylic oxidation sites excluding steroid dienone is 10. The van der Waals surface area contributed by atoms with Crippen LogP contribution in [0.1, 0.15) is 84.8 Å². The summed E-state index contributed by atoms with van der Waals surface area (Å²) in [5.74, 6) is 0.208. The zero-order valence-corrected chi connectivity index (χ0v) is 23.1. The molecule has 1 aliphatic heterocycles. The van der Waals surface area contributed by atoms with E-state index in [1.54, 1.807) is 6.07 Å². The van der Waals surface area contributed by atoms with E-state index in [0.29, 0.717) is 35.3 Å². The highest BCUT2D eigenvalue weighted by Gasteiger charge is 2.36. The van der Waals surface area contributed by atoms with Crippen LogP contribution in [0.5, 0.6) is 11.5 Å². The number of aromatic hydroxyl groups is 1. The maximum absolute atomic E-state index is 12.9. The van der Waals surface area contributed by atoms with E-state index in [4.69, 9.17) is 4.74 Å². The SMILES string of the molecule is CC(C)=CCC/C(C)=C/Cc1cc2c(cc1O)C1=C(C(=O)C=CC1=O)C(C/C=C(\C)CCC=C(C)C)O2. The molecule has 0 saturated carbocycles. The maximum atomic E-state index is 12.9. The maximum Gasteiger partial charge on any atom is 0.187 e. The van der Waals surface area contributed by atoms with Crippen LogP contribution in [0, 0.1) is 0 Å². The molecular formula is C33H40O4. The van der Waals surface area contributed by atoms with Gasteiger partial charge < -0.3 is 9.84 Å². The molecule has 0 saturated heterocycles. The normalized spacial score (nSPS) is 17.3. The molecule has 1 heterocycles. The zero-order chi connectivity index (χ0) is 27.1. The van der Waals surface area contributed by atoms with Crippen molar-refractivity contribution in [2.75, 3.05) is 0 Å². The van der Waals surface area contributed by atoms with Gasteiger partial charge in [0.05, 0.1) is 5.57 Å². The Bertz CT molecular complexity index is 1240. The van der Waals surface area contributed by atoms with Gasteiger partial charge >= 0.3 is 0 Å². The molecule has 0 radical (unpaired) electrons. The monoisotopic (exact) mass is 500 g/mol. The minimum Gasteiger partial charge on any atom is -0.508 e. The third kappa shape index (κ3) is 7.55. The average molecular weight is 501 g/mol. The number of carbonyl (C=O) groups excluding carboxylic acids is 2. The van der Waals surface area contributed by atoms with Gasteiger partial charge in [0.15, 0.2) is 11.6 Å². The van der Waals surface area contributed by atoms with Crippen molar-refractivity contribution >= 4 is 17.1 Å². The summed E-state index contributed by atoms with van der Waals surface area (Å²) >= 11 is 0. The highest BCUT2D eigenvalue weighted by molar-refractivity contribution is 6.37. The van der Waals surface area contributed by atoms with Crippen molar-refractivity contribution in [3.8, 4) is 11.5 Å². The number of carbonyl (C=O) groups is 2. The summed E-state index contributed by atoms with van der Waals surface area (Å²) in [7, 11) is 0. The van der Waals surface area contributed by atoms with Crippen LogP contribution in [0.4, 0.5) is 0 Å². The van der Waals surface area contributed by atoms with Crippen LogP contribution in [0.15, 0.2) is 76.5 Å². The molecular weight excluding hydrogens is 460 g/mol. The van der Waals surface area contributed by atoms with Crippen molar-refractivity contribution in [1.82, 2.24) is 0 Å². The number of hydrogen-bond acceptors (Lipinski definition) is 4. The Morgan fingerprint density at radius 3 is 2.05 bits per heavy atom. The van der Waals surface area contributed by atoms with Gasteiger partial charge in [0.25, 0.3) is 0 Å². The smallest absolute Gasteiger partial charge is 0.187 e. The van der Waals surface area contributed by atoms with Crippen LogP contribution in [0.25, 0.3) is 5.57 Å². The summed E-state index contributed by atoms with van der Waals surface area (Å²) in [6, 6.07) is 3.40. The lowest BCUT2D eigenvalue weighted by Crippen LogP contribution is -2.32. The van der Waals surface area contributed by atoms with Gasteiger partial charge in [0.2, 0.25) is 0 Å². The van der Waals surface area contributed by atoms with Gasteiger partial charge in [0, 0.05) is 23.1 Å². The van der Waals surface area contributed by atoms with Gasteiger partial charge in [-0.1, -0.05) is 46.6 Å². The van der Waals surface area contributed by atoms with Crippen molar-refractivity contribution < 1.29 is 19.4 Å². The molecule has 2 aliphatic rings. The van der Waals surface area contributed by atoms with E-state index in [1.165, 1.54) is 34.4 Å². The first-order chi connectivity index (χ1) is 17.6. The van der Waals surface area contributed by atoms with Crippen molar-refractivity contribution in [2.45, 2.75) is 86.2 Å². The molecule has 4 nitrogen and oxygen atoms in total. The van der Waals surface area contributed by atoms with Crippen LogP contribution >= 0.6 is 0 Å². The molecule has 37 heavy (non-hydrogen) atoms. The van der Waals surface area contributed by atoms with E-state index in [2.05, 4.69) is 65.8 Å². The third-order valence-electron chi connectivity index (χ3n) is 6.74. The van der Waals surface area contributed by atoms with Crippen LogP contribution in [0.3, 0.4) is 0 Å². The van der Waals surface area contributed by atoms with Gasteiger partial charge in [-0.3, -0.25) is 9.59 Å². The van der Waals surface area contributed by atoms with Crippen molar-refractivity contribution in [3.63, 3.8) is 0 Å². The number of hydrogen-bond donors (Lipinski definition) is 1. The predicted molar refractivity (Wildman–Crippen MR) is 152 cm³/mol. The quantitative estimate of drug-likeness (QED) is 0.262. The molecule has 3 rings (SSSR count). The molecule has 1 aliphatic carbocycles. The number of rotatable bonds is 10. The fourth-order valence-electron chi connectivity index (χ4n) is 4.60. The number of ether oxygens (including phenoxy) is 1. The number of benzene rings is 1. The Morgan fingerprint density at radius 1 is 0.838 bits per heavy atom. The van der Waals surface area contributed by atoms with Gasteiger partial charge in [0.1, 0.15) is 17.6 Å². The topological polar surface area (TPSA) is 63.6 Å². The van der Waals surface area contributed by atoms with Crippen LogP contribution in [-0.2, 0) is 16.0 Å². The molecule has 4 heteroatoms. The Morgan fingerprint density at radius 2 is 1.43 bits per heavy atom. The lowest BCUT2D eigenvalue weighted by molar-refractivity contribution is -0.114. The summed E-state index contributed by atoms with van der Waals surface area (Å²) in [5, 5.41) is 10.8. The van der Waals surface area contributed by atoms with Crippen LogP contribution < -0.4 is 4.74 Å². The molecule has 0 spiro atoms. The van der Waals surface area contributed by atoms with Crippen LogP contribution in [-0.4, -0.2) is 22.8 Å². The number of ketones is 2. The van der Waals surface area contributed by atoms with Crippen molar-refractivity contribution in [2.24, 2.45) is 0 Å². The second-order valence-electron chi connectivity index (χ2n) is 10.6. The Labute approximate surface area is 221 Å². The highest BCUT2D eigenvalue weighted by atomic mass is 16.5. The first kappa shape index (κ1) is 28.2. The summed E-state index contributed by atoms with van der Waals surface area (Å²) in [6.07, 6.45) is 15.7. The predicted octanol–water partition coefficient (Wildman–Crippen LogP) is 7.93. The molecule has 196 valence electrons. The fourth-order valence-corrected chi connectivity index (χ4v) is 4.60.